The number of hydrogen-bond donors (Lipinski definition) is 2. The molecule has 0 aromatic rings. The van der Waals surface area contributed by atoms with E-state index in [4.69, 9.17) is 9.47 Å². The Hall–Kier alpha value is -2.07. The number of hydrogen-bond acceptors (Lipinski definition) is 8. The van der Waals surface area contributed by atoms with Gasteiger partial charge in [0.1, 0.15) is 11.2 Å². The fraction of sp³-hybridized carbons (Fsp3) is 0.884. The van der Waals surface area contributed by atoms with Crippen molar-refractivity contribution in [3.63, 3.8) is 0 Å². The first-order chi connectivity index (χ1) is 26.5. The molecule has 3 saturated carbocycles. The molecule has 15 heteroatoms. The van der Waals surface area contributed by atoms with Crippen molar-refractivity contribution >= 4 is 64.9 Å². The van der Waals surface area contributed by atoms with Crippen LogP contribution in [-0.4, -0.2) is 137 Å². The topological polar surface area (TPSA) is 141 Å². The van der Waals surface area contributed by atoms with E-state index < -0.39 is 11.2 Å². The number of amides is 5. The third-order valence-electron chi connectivity index (χ3n) is 12.7. The Bertz CT molecular complexity index is 1390. The molecule has 0 unspecified atom stereocenters. The highest BCUT2D eigenvalue weighted by atomic mass is 127. The number of likely N-dealkylation sites (N-methyl/N-ethyl adjacent to an activating group) is 2. The number of nitrogens with zero attached hydrogens (tertiary/aromatic N) is 4. The molecule has 6 aliphatic rings. The fourth-order valence-electron chi connectivity index (χ4n) is 8.21. The van der Waals surface area contributed by atoms with E-state index in [-0.39, 0.29) is 64.7 Å². The van der Waals surface area contributed by atoms with E-state index in [0.29, 0.717) is 38.1 Å². The summed E-state index contributed by atoms with van der Waals surface area (Å²) in [5.41, 5.74) is -1.33. The van der Waals surface area contributed by atoms with Gasteiger partial charge in [0, 0.05) is 75.1 Å². The van der Waals surface area contributed by atoms with Gasteiger partial charge in [-0.2, -0.15) is 0 Å². The second-order valence-corrected chi connectivity index (χ2v) is 20.0. The number of alkyl halides is 1. The largest absolute Gasteiger partial charge is 0.444 e. The molecule has 13 nitrogen and oxygen atoms in total. The molecular formula is C43H78ClIN6O7. The first-order valence-corrected chi connectivity index (χ1v) is 23.5. The third kappa shape index (κ3) is 14.3. The smallest absolute Gasteiger partial charge is 0.410 e. The maximum Gasteiger partial charge on any atom is 0.410 e. The molecule has 0 bridgehead atoms. The second kappa shape index (κ2) is 21.6. The molecule has 58 heavy (non-hydrogen) atoms. The van der Waals surface area contributed by atoms with Gasteiger partial charge in [0.05, 0.1) is 6.04 Å². The molecular weight excluding hydrogens is 875 g/mol. The monoisotopic (exact) mass is 952 g/mol. The van der Waals surface area contributed by atoms with Gasteiger partial charge >= 0.3 is 12.2 Å². The first-order valence-electron chi connectivity index (χ1n) is 21.4. The average molecular weight is 953 g/mol. The van der Waals surface area contributed by atoms with Crippen LogP contribution >= 0.6 is 35.0 Å². The molecule has 2 N–H and O–H groups in total. The summed E-state index contributed by atoms with van der Waals surface area (Å²) >= 11 is 2.15. The highest BCUT2D eigenvalue weighted by Crippen LogP contribution is 2.43. The molecule has 0 aromatic heterocycles. The molecule has 336 valence electrons. The minimum atomic E-state index is -0.476. The maximum absolute atomic E-state index is 12.5. The number of carbonyl (C=O) groups is 5. The van der Waals surface area contributed by atoms with Crippen LogP contribution in [0.15, 0.2) is 0 Å². The minimum absolute atomic E-state index is 0. The number of rotatable bonds is 6. The van der Waals surface area contributed by atoms with Crippen molar-refractivity contribution in [3.05, 3.63) is 0 Å². The van der Waals surface area contributed by atoms with Gasteiger partial charge < -0.3 is 39.7 Å². The number of halogens is 2. The van der Waals surface area contributed by atoms with E-state index in [1.165, 1.54) is 6.42 Å². The van der Waals surface area contributed by atoms with Crippen LogP contribution in [0.4, 0.5) is 9.59 Å². The molecule has 5 amide bonds. The van der Waals surface area contributed by atoms with Gasteiger partial charge in [-0.1, -0.05) is 62.6 Å². The van der Waals surface area contributed by atoms with Gasteiger partial charge in [0.25, 0.3) is 0 Å². The maximum atomic E-state index is 12.5. The zero-order chi connectivity index (χ0) is 43.0. The summed E-state index contributed by atoms with van der Waals surface area (Å²) in [5, 5.41) is 6.38. The second-order valence-electron chi connectivity index (χ2n) is 20.0. The van der Waals surface area contributed by atoms with Crippen molar-refractivity contribution in [2.75, 3.05) is 58.3 Å². The van der Waals surface area contributed by atoms with E-state index in [1.54, 1.807) is 9.80 Å². The summed E-state index contributed by atoms with van der Waals surface area (Å²) in [5.74, 6) is 0.724. The SMILES string of the molecule is CC(C)(C)OC(=O)N1CC[C@H](NC(=O)C2(C)CCC2)C1.CI.CN(C(=O)C1(C)CCC1)[C@H]1CCN(C(=O)OC(C)(C)C)C1.CN(C(=O)C1(C)CCC1)[C@H]1CCNC1.Cl. The van der Waals surface area contributed by atoms with Gasteiger partial charge in [0.15, 0.2) is 0 Å². The lowest BCUT2D eigenvalue weighted by Crippen LogP contribution is -2.49. The van der Waals surface area contributed by atoms with Crippen LogP contribution in [0.3, 0.4) is 0 Å². The van der Waals surface area contributed by atoms with Crippen molar-refractivity contribution in [3.8, 4) is 0 Å². The van der Waals surface area contributed by atoms with Crippen LogP contribution in [0.5, 0.6) is 0 Å². The summed E-state index contributed by atoms with van der Waals surface area (Å²) in [4.78, 5) is 70.0. The summed E-state index contributed by atoms with van der Waals surface area (Å²) < 4.78 is 10.7. The summed E-state index contributed by atoms with van der Waals surface area (Å²) in [6.45, 7) is 21.8. The number of likely N-dealkylation sites (tertiary alicyclic amines) is 2. The lowest BCUT2D eigenvalue weighted by molar-refractivity contribution is -0.147. The van der Waals surface area contributed by atoms with Crippen LogP contribution < -0.4 is 10.6 Å². The predicted octanol–water partition coefficient (Wildman–Crippen LogP) is 7.42. The fourth-order valence-corrected chi connectivity index (χ4v) is 8.21. The highest BCUT2D eigenvalue weighted by molar-refractivity contribution is 14.1. The van der Waals surface area contributed by atoms with Gasteiger partial charge in [-0.25, -0.2) is 9.59 Å². The Morgan fingerprint density at radius 3 is 1.45 bits per heavy atom. The molecule has 3 heterocycles. The zero-order valence-corrected chi connectivity index (χ0v) is 40.9. The van der Waals surface area contributed by atoms with Crippen molar-refractivity contribution in [1.29, 1.82) is 0 Å². The van der Waals surface area contributed by atoms with Crippen molar-refractivity contribution < 1.29 is 33.4 Å². The van der Waals surface area contributed by atoms with Crippen LogP contribution in [0.1, 0.15) is 139 Å². The van der Waals surface area contributed by atoms with Crippen molar-refractivity contribution in [1.82, 2.24) is 30.2 Å². The van der Waals surface area contributed by atoms with Gasteiger partial charge in [-0.05, 0) is 111 Å². The Labute approximate surface area is 370 Å². The van der Waals surface area contributed by atoms with Crippen LogP contribution in [0.25, 0.3) is 0 Å². The lowest BCUT2D eigenvalue weighted by atomic mass is 9.69. The minimum Gasteiger partial charge on any atom is -0.444 e. The predicted molar refractivity (Wildman–Crippen MR) is 240 cm³/mol. The van der Waals surface area contributed by atoms with Crippen molar-refractivity contribution in [2.45, 2.75) is 169 Å². The van der Waals surface area contributed by atoms with E-state index in [2.05, 4.69) is 47.1 Å². The van der Waals surface area contributed by atoms with E-state index in [9.17, 15) is 24.0 Å². The van der Waals surface area contributed by atoms with Gasteiger partial charge in [0.2, 0.25) is 17.7 Å². The Kier molecular flexibility index (Phi) is 19.4. The molecule has 0 aromatic carbocycles. The van der Waals surface area contributed by atoms with Crippen LogP contribution in [-0.2, 0) is 23.9 Å². The Balaban J connectivity index is 0.000000296. The van der Waals surface area contributed by atoms with E-state index in [0.717, 1.165) is 83.7 Å². The Morgan fingerprint density at radius 2 is 1.07 bits per heavy atom. The van der Waals surface area contributed by atoms with E-state index >= 15 is 0 Å². The quantitative estimate of drug-likeness (QED) is 0.207. The standard InChI is InChI=1S/C16H28N2O3.C15H26N2O3.C11H20N2O.CH3I.ClH/c1-15(2,3)21-14(20)18-10-7-12(11-18)17(5)13(19)16(4)8-6-9-16;1-14(2,3)20-13(19)17-9-6-11(10-17)16-12(18)15(4)7-5-8-15;1-11(5-3-6-11)10(14)13(2)9-4-7-12-8-9;1-2;/h12H,6-11H2,1-5H3;11H,5-10H2,1-4H3,(H,16,18);9,12H,3-8H2,1-2H3;1H3;1H/t12-;11-;9-;;/m000../s1. The molecule has 6 fully saturated rings. The number of nitrogens with one attached hydrogen (secondary N) is 2. The molecule has 0 spiro atoms. The number of carbonyl (C=O) groups excluding carboxylic acids is 5. The highest BCUT2D eigenvalue weighted by Gasteiger charge is 2.45. The first kappa shape index (κ1) is 52.1. The zero-order valence-electron chi connectivity index (χ0n) is 37.9. The number of ether oxygens (including phenoxy) is 2. The lowest BCUT2D eigenvalue weighted by Gasteiger charge is -2.41. The summed E-state index contributed by atoms with van der Waals surface area (Å²) in [6.07, 6.45) is 11.8. The molecule has 3 saturated heterocycles. The van der Waals surface area contributed by atoms with Crippen LogP contribution in [0, 0.1) is 16.2 Å². The van der Waals surface area contributed by atoms with Gasteiger partial charge in [-0.3, -0.25) is 14.4 Å². The third-order valence-corrected chi connectivity index (χ3v) is 12.7. The van der Waals surface area contributed by atoms with Crippen LogP contribution in [0.2, 0.25) is 0 Å². The van der Waals surface area contributed by atoms with E-state index in [1.807, 2.05) is 77.3 Å². The molecule has 3 aliphatic heterocycles. The van der Waals surface area contributed by atoms with Crippen molar-refractivity contribution in [2.24, 2.45) is 16.2 Å². The molecule has 0 radical (unpaired) electrons. The summed E-state index contributed by atoms with van der Waals surface area (Å²) in [6, 6.07) is 0.606. The Morgan fingerprint density at radius 1 is 0.655 bits per heavy atom. The molecule has 6 rings (SSSR count). The normalized spacial score (nSPS) is 24.7. The van der Waals surface area contributed by atoms with Gasteiger partial charge in [-0.15, -0.1) is 12.4 Å². The molecule has 3 atom stereocenters. The average Bonchev–Trinajstić information content (AvgIpc) is 3.90. The summed E-state index contributed by atoms with van der Waals surface area (Å²) in [7, 11) is 3.83. The molecule has 3 aliphatic carbocycles.